The van der Waals surface area contributed by atoms with Crippen molar-refractivity contribution >= 4 is 28.4 Å². The fourth-order valence-electron chi connectivity index (χ4n) is 3.23. The van der Waals surface area contributed by atoms with Gasteiger partial charge in [-0.2, -0.15) is 5.10 Å². The van der Waals surface area contributed by atoms with E-state index in [2.05, 4.69) is 0 Å². The molecule has 8 heteroatoms. The summed E-state index contributed by atoms with van der Waals surface area (Å²) in [6.07, 6.45) is -0.557. The minimum Gasteiger partial charge on any atom is -0.344 e. The summed E-state index contributed by atoms with van der Waals surface area (Å²) in [4.78, 5) is 11.9. The van der Waals surface area contributed by atoms with Gasteiger partial charge < -0.3 is 9.47 Å². The van der Waals surface area contributed by atoms with E-state index in [0.717, 1.165) is 16.0 Å². The Bertz CT molecular complexity index is 988. The predicted molar refractivity (Wildman–Crippen MR) is 92.0 cm³/mol. The lowest BCUT2D eigenvalue weighted by molar-refractivity contribution is -0.384. The number of aromatic nitrogens is 2. The molecule has 0 aliphatic carbocycles. The number of benzene rings is 2. The summed E-state index contributed by atoms with van der Waals surface area (Å²) in [6, 6.07) is 12.8. The average Bonchev–Trinajstić information content (AvgIpc) is 3.24. The molecule has 0 amide bonds. The van der Waals surface area contributed by atoms with E-state index >= 15 is 0 Å². The average molecular weight is 355 g/mol. The maximum absolute atomic E-state index is 11.4. The summed E-state index contributed by atoms with van der Waals surface area (Å²) in [6.45, 7) is 0.507. The van der Waals surface area contributed by atoms with Crippen LogP contribution in [0.3, 0.4) is 0 Å². The molecule has 5 rings (SSSR count). The smallest absolute Gasteiger partial charge is 0.272 e. The van der Waals surface area contributed by atoms with Crippen LogP contribution in [0.4, 0.5) is 5.69 Å². The van der Waals surface area contributed by atoms with Crippen LogP contribution in [-0.2, 0) is 9.47 Å². The number of thioether (sulfide) groups is 1. The Morgan fingerprint density at radius 1 is 1.28 bits per heavy atom. The van der Waals surface area contributed by atoms with E-state index in [1.54, 1.807) is 28.6 Å². The van der Waals surface area contributed by atoms with Crippen molar-refractivity contribution in [3.63, 3.8) is 0 Å². The minimum absolute atomic E-state index is 0.0284. The number of hydrogen-bond donors (Lipinski definition) is 0. The molecular weight excluding hydrogens is 342 g/mol. The second-order valence-electron chi connectivity index (χ2n) is 5.96. The summed E-state index contributed by atoms with van der Waals surface area (Å²) in [5.74, 6) is 0.697. The molecule has 0 saturated carbocycles. The largest absolute Gasteiger partial charge is 0.344 e. The van der Waals surface area contributed by atoms with Crippen LogP contribution in [0.2, 0.25) is 0 Å². The third-order valence-corrected chi connectivity index (χ3v) is 5.54. The minimum atomic E-state index is -0.529. The van der Waals surface area contributed by atoms with E-state index in [0.29, 0.717) is 23.6 Å². The highest BCUT2D eigenvalue weighted by Crippen LogP contribution is 2.43. The molecule has 0 radical (unpaired) electrons. The van der Waals surface area contributed by atoms with Gasteiger partial charge in [-0.05, 0) is 12.1 Å². The number of nitro benzene ring substituents is 1. The molecule has 3 heterocycles. The van der Waals surface area contributed by atoms with Crippen molar-refractivity contribution in [2.24, 2.45) is 0 Å². The molecule has 2 bridgehead atoms. The van der Waals surface area contributed by atoms with Crippen LogP contribution in [0.25, 0.3) is 16.6 Å². The molecule has 1 fully saturated rings. The second-order valence-corrected chi connectivity index (χ2v) is 7.02. The van der Waals surface area contributed by atoms with Crippen LogP contribution in [-0.4, -0.2) is 33.2 Å². The Morgan fingerprint density at radius 2 is 2.12 bits per heavy atom. The van der Waals surface area contributed by atoms with Crippen molar-refractivity contribution in [3.05, 3.63) is 58.3 Å². The molecule has 2 aliphatic rings. The maximum atomic E-state index is 11.4. The highest BCUT2D eigenvalue weighted by atomic mass is 32.2. The summed E-state index contributed by atoms with van der Waals surface area (Å²) in [5.41, 5.74) is 2.27. The Balaban J connectivity index is 1.84. The van der Waals surface area contributed by atoms with Gasteiger partial charge in [0.15, 0.2) is 0 Å². The van der Waals surface area contributed by atoms with Crippen LogP contribution in [0, 0.1) is 10.1 Å². The zero-order valence-corrected chi connectivity index (χ0v) is 13.8. The third kappa shape index (κ3) is 2.33. The van der Waals surface area contributed by atoms with E-state index in [-0.39, 0.29) is 16.7 Å². The SMILES string of the molecule is O=[N+]([O-])c1cc2c3c(nn(-c4ccccc4)c3c1)[C@H]1OC[C@H](CS2)O1. The lowest BCUT2D eigenvalue weighted by Gasteiger charge is -2.14. The fourth-order valence-corrected chi connectivity index (χ4v) is 4.33. The van der Waals surface area contributed by atoms with E-state index < -0.39 is 6.29 Å². The van der Waals surface area contributed by atoms with E-state index in [1.807, 2.05) is 30.3 Å². The molecule has 7 nitrogen and oxygen atoms in total. The lowest BCUT2D eigenvalue weighted by atomic mass is 10.1. The third-order valence-electron chi connectivity index (χ3n) is 4.37. The van der Waals surface area contributed by atoms with Crippen molar-refractivity contribution in [2.45, 2.75) is 17.3 Å². The van der Waals surface area contributed by atoms with Gasteiger partial charge >= 0.3 is 0 Å². The van der Waals surface area contributed by atoms with Gasteiger partial charge in [-0.3, -0.25) is 10.1 Å². The lowest BCUT2D eigenvalue weighted by Crippen LogP contribution is -2.14. The van der Waals surface area contributed by atoms with Crippen molar-refractivity contribution < 1.29 is 14.4 Å². The van der Waals surface area contributed by atoms with Crippen molar-refractivity contribution in [1.29, 1.82) is 0 Å². The topological polar surface area (TPSA) is 79.4 Å². The molecule has 1 aromatic heterocycles. The Morgan fingerprint density at radius 3 is 2.92 bits per heavy atom. The number of ether oxygens (including phenoxy) is 2. The van der Waals surface area contributed by atoms with Crippen LogP contribution >= 0.6 is 11.8 Å². The molecule has 126 valence electrons. The Hall–Kier alpha value is -2.42. The summed E-state index contributed by atoms with van der Waals surface area (Å²) >= 11 is 1.55. The predicted octanol–water partition coefficient (Wildman–Crippen LogP) is 3.45. The first-order valence-electron chi connectivity index (χ1n) is 7.87. The molecule has 25 heavy (non-hydrogen) atoms. The number of rotatable bonds is 2. The first-order chi connectivity index (χ1) is 12.2. The van der Waals surface area contributed by atoms with Gasteiger partial charge in [0.05, 0.1) is 28.8 Å². The van der Waals surface area contributed by atoms with Crippen LogP contribution in [0.15, 0.2) is 47.4 Å². The van der Waals surface area contributed by atoms with Gasteiger partial charge in [0.1, 0.15) is 5.69 Å². The Labute approximate surface area is 146 Å². The highest BCUT2D eigenvalue weighted by Gasteiger charge is 2.35. The second kappa shape index (κ2) is 5.55. The molecular formula is C17H13N3O4S. The zero-order chi connectivity index (χ0) is 17.0. The molecule has 1 saturated heterocycles. The fraction of sp³-hybridized carbons (Fsp3) is 0.235. The molecule has 2 aromatic carbocycles. The van der Waals surface area contributed by atoms with Gasteiger partial charge in [0.25, 0.3) is 5.69 Å². The first-order valence-corrected chi connectivity index (χ1v) is 8.85. The number of para-hydroxylation sites is 1. The van der Waals surface area contributed by atoms with Crippen molar-refractivity contribution in [3.8, 4) is 5.69 Å². The summed E-state index contributed by atoms with van der Waals surface area (Å²) in [7, 11) is 0. The molecule has 2 atom stereocenters. The van der Waals surface area contributed by atoms with Gasteiger partial charge in [-0.1, -0.05) is 18.2 Å². The number of fused-ring (bicyclic) bond motifs is 3. The van der Waals surface area contributed by atoms with Crippen LogP contribution in [0.5, 0.6) is 0 Å². The summed E-state index contributed by atoms with van der Waals surface area (Å²) in [5, 5.41) is 17.0. The Kier molecular flexibility index (Phi) is 3.30. The van der Waals surface area contributed by atoms with E-state index in [1.165, 1.54) is 0 Å². The maximum Gasteiger partial charge on any atom is 0.272 e. The molecule has 0 unspecified atom stereocenters. The van der Waals surface area contributed by atoms with Gasteiger partial charge in [-0.25, -0.2) is 4.68 Å². The number of nitrogens with zero attached hydrogens (tertiary/aromatic N) is 3. The van der Waals surface area contributed by atoms with Gasteiger partial charge in [0.2, 0.25) is 6.29 Å². The normalized spacial score (nSPS) is 21.9. The quantitative estimate of drug-likeness (QED) is 0.517. The first kappa shape index (κ1) is 14.9. The highest BCUT2D eigenvalue weighted by molar-refractivity contribution is 7.99. The van der Waals surface area contributed by atoms with Crippen molar-refractivity contribution in [1.82, 2.24) is 9.78 Å². The summed E-state index contributed by atoms with van der Waals surface area (Å²) < 4.78 is 13.4. The number of non-ortho nitro benzene ring substituents is 1. The van der Waals surface area contributed by atoms with Gasteiger partial charge in [0, 0.05) is 28.2 Å². The van der Waals surface area contributed by atoms with Crippen molar-refractivity contribution in [2.75, 3.05) is 12.4 Å². The number of hydrogen-bond acceptors (Lipinski definition) is 6. The van der Waals surface area contributed by atoms with E-state index in [9.17, 15) is 10.1 Å². The zero-order valence-electron chi connectivity index (χ0n) is 13.0. The molecule has 0 N–H and O–H groups in total. The molecule has 0 spiro atoms. The molecule has 3 aromatic rings. The van der Waals surface area contributed by atoms with Crippen LogP contribution < -0.4 is 0 Å². The monoisotopic (exact) mass is 355 g/mol. The molecule has 2 aliphatic heterocycles. The number of nitro groups is 1. The van der Waals surface area contributed by atoms with E-state index in [4.69, 9.17) is 14.6 Å². The standard InChI is InChI=1S/C17H13N3O4S/c21-20(22)11-6-13-15-14(7-11)25-9-12-8-23-17(24-12)16(15)18-19(13)10-4-2-1-3-5-10/h1-7,12,17H,8-9H2/t12-,17+/m1/s1. The van der Waals surface area contributed by atoms with Crippen LogP contribution in [0.1, 0.15) is 12.0 Å². The van der Waals surface area contributed by atoms with Gasteiger partial charge in [-0.15, -0.1) is 11.8 Å².